The highest BCUT2D eigenvalue weighted by molar-refractivity contribution is 5.85. The number of anilines is 1. The molecule has 2 atom stereocenters. The fraction of sp³-hybridized carbons (Fsp3) is 0.381. The zero-order chi connectivity index (χ0) is 20.7. The van der Waals surface area contributed by atoms with Crippen molar-refractivity contribution in [1.82, 2.24) is 29.1 Å². The monoisotopic (exact) mass is 409 g/mol. The van der Waals surface area contributed by atoms with Crippen molar-refractivity contribution in [2.75, 3.05) is 39.1 Å². The Balaban J connectivity index is 1.44. The van der Waals surface area contributed by atoms with Gasteiger partial charge in [0.05, 0.1) is 12.6 Å². The standard InChI is InChI=1S/C21H24FN7O/c1-27-8-4-15(18(22)13-27)12-23-21-25-20(30-2)19-17(6-10-29(19)26-21)14-5-9-28-16(11-14)3-7-24-28/h3,5-7,9-11,15,18H,4,8,12-13H2,1-2H3,(H,23,26)/t15?,18-/m0/s1. The molecule has 0 saturated carbocycles. The van der Waals surface area contributed by atoms with Gasteiger partial charge in [0.25, 0.3) is 0 Å². The van der Waals surface area contributed by atoms with Crippen LogP contribution in [0.1, 0.15) is 6.42 Å². The van der Waals surface area contributed by atoms with Gasteiger partial charge in [0.2, 0.25) is 11.8 Å². The third-order valence-corrected chi connectivity index (χ3v) is 5.78. The van der Waals surface area contributed by atoms with Gasteiger partial charge in [0, 0.05) is 43.2 Å². The largest absolute Gasteiger partial charge is 0.479 e. The van der Waals surface area contributed by atoms with Crippen molar-refractivity contribution in [3.63, 3.8) is 0 Å². The molecule has 0 amide bonds. The quantitative estimate of drug-likeness (QED) is 0.547. The summed E-state index contributed by atoms with van der Waals surface area (Å²) >= 11 is 0. The lowest BCUT2D eigenvalue weighted by molar-refractivity contribution is 0.109. The van der Waals surface area contributed by atoms with Crippen molar-refractivity contribution >= 4 is 17.0 Å². The van der Waals surface area contributed by atoms with Crippen molar-refractivity contribution < 1.29 is 9.13 Å². The van der Waals surface area contributed by atoms with E-state index in [2.05, 4.69) is 26.6 Å². The van der Waals surface area contributed by atoms with Gasteiger partial charge in [-0.1, -0.05) is 0 Å². The molecule has 0 bridgehead atoms. The smallest absolute Gasteiger partial charge is 0.244 e. The highest BCUT2D eigenvalue weighted by Crippen LogP contribution is 2.32. The van der Waals surface area contributed by atoms with Gasteiger partial charge in [-0.15, -0.1) is 5.10 Å². The first kappa shape index (κ1) is 18.8. The number of hydrogen-bond donors (Lipinski definition) is 1. The number of halogens is 1. The van der Waals surface area contributed by atoms with E-state index in [9.17, 15) is 4.39 Å². The van der Waals surface area contributed by atoms with E-state index in [4.69, 9.17) is 4.74 Å². The molecule has 1 unspecified atom stereocenters. The Labute approximate surface area is 173 Å². The van der Waals surface area contributed by atoms with Crippen LogP contribution in [0.3, 0.4) is 0 Å². The molecule has 4 aromatic heterocycles. The van der Waals surface area contributed by atoms with Crippen molar-refractivity contribution in [2.24, 2.45) is 5.92 Å². The van der Waals surface area contributed by atoms with Crippen LogP contribution < -0.4 is 10.1 Å². The number of aromatic nitrogens is 5. The average Bonchev–Trinajstić information content (AvgIpc) is 3.38. The van der Waals surface area contributed by atoms with Gasteiger partial charge in [-0.2, -0.15) is 10.1 Å². The maximum Gasteiger partial charge on any atom is 0.244 e. The van der Waals surface area contributed by atoms with Gasteiger partial charge < -0.3 is 15.0 Å². The highest BCUT2D eigenvalue weighted by atomic mass is 19.1. The van der Waals surface area contributed by atoms with E-state index in [1.54, 1.807) is 17.8 Å². The van der Waals surface area contributed by atoms with Gasteiger partial charge in [0.1, 0.15) is 11.7 Å². The molecule has 30 heavy (non-hydrogen) atoms. The van der Waals surface area contributed by atoms with Crippen LogP contribution in [0.5, 0.6) is 5.88 Å². The number of rotatable bonds is 5. The summed E-state index contributed by atoms with van der Waals surface area (Å²) in [7, 11) is 3.55. The van der Waals surface area contributed by atoms with Crippen LogP contribution in [0.4, 0.5) is 10.3 Å². The van der Waals surface area contributed by atoms with Crippen LogP contribution in [0, 0.1) is 5.92 Å². The first-order chi connectivity index (χ1) is 14.6. The second-order valence-corrected chi connectivity index (χ2v) is 7.79. The van der Waals surface area contributed by atoms with Crippen molar-refractivity contribution in [3.8, 4) is 17.0 Å². The van der Waals surface area contributed by atoms with E-state index < -0.39 is 6.17 Å². The first-order valence-corrected chi connectivity index (χ1v) is 10.1. The van der Waals surface area contributed by atoms with Crippen LogP contribution in [0.2, 0.25) is 0 Å². The average molecular weight is 409 g/mol. The molecule has 8 nitrogen and oxygen atoms in total. The van der Waals surface area contributed by atoms with Crippen LogP contribution in [0.15, 0.2) is 42.9 Å². The zero-order valence-corrected chi connectivity index (χ0v) is 17.0. The molecule has 1 aliphatic heterocycles. The summed E-state index contributed by atoms with van der Waals surface area (Å²) < 4.78 is 23.5. The molecule has 0 spiro atoms. The fourth-order valence-electron chi connectivity index (χ4n) is 4.09. The van der Waals surface area contributed by atoms with Crippen LogP contribution >= 0.6 is 0 Å². The summed E-state index contributed by atoms with van der Waals surface area (Å²) in [6, 6.07) is 8.02. The third kappa shape index (κ3) is 3.35. The molecule has 5 rings (SSSR count). The fourth-order valence-corrected chi connectivity index (χ4v) is 4.09. The van der Waals surface area contributed by atoms with E-state index in [-0.39, 0.29) is 5.92 Å². The van der Waals surface area contributed by atoms with Gasteiger partial charge in [-0.05, 0) is 49.8 Å². The van der Waals surface area contributed by atoms with Crippen LogP contribution in [-0.2, 0) is 0 Å². The molecule has 1 fully saturated rings. The Hall–Kier alpha value is -3.20. The minimum atomic E-state index is -0.849. The Morgan fingerprint density at radius 3 is 2.93 bits per heavy atom. The normalized spacial score (nSPS) is 20.1. The SMILES string of the molecule is COc1nc(NCC2CCN(C)C[C@@H]2F)nn2ccc(-c3ccn4nccc4c3)c12. The molecule has 1 saturated heterocycles. The summed E-state index contributed by atoms with van der Waals surface area (Å²) in [4.78, 5) is 6.56. The predicted octanol–water partition coefficient (Wildman–Crippen LogP) is 2.75. The van der Waals surface area contributed by atoms with E-state index in [0.717, 1.165) is 35.1 Å². The molecule has 0 radical (unpaired) electrons. The Morgan fingerprint density at radius 2 is 2.10 bits per heavy atom. The second kappa shape index (κ2) is 7.56. The first-order valence-electron chi connectivity index (χ1n) is 10.1. The van der Waals surface area contributed by atoms with Gasteiger partial charge >= 0.3 is 0 Å². The number of alkyl halides is 1. The molecule has 9 heteroatoms. The van der Waals surface area contributed by atoms with Gasteiger partial charge in [-0.25, -0.2) is 13.4 Å². The lowest BCUT2D eigenvalue weighted by Crippen LogP contribution is -2.42. The molecule has 0 aliphatic carbocycles. The molecule has 1 aliphatic rings. The molecule has 0 aromatic carbocycles. The maximum atomic E-state index is 14.3. The number of ether oxygens (including phenoxy) is 1. The van der Waals surface area contributed by atoms with Crippen molar-refractivity contribution in [1.29, 1.82) is 0 Å². The number of pyridine rings is 1. The van der Waals surface area contributed by atoms with E-state index in [1.807, 2.05) is 47.1 Å². The minimum Gasteiger partial charge on any atom is -0.479 e. The van der Waals surface area contributed by atoms with E-state index in [0.29, 0.717) is 24.9 Å². The Bertz CT molecular complexity index is 1190. The van der Waals surface area contributed by atoms with Crippen molar-refractivity contribution in [2.45, 2.75) is 12.6 Å². The number of methoxy groups -OCH3 is 1. The number of nitrogens with one attached hydrogen (secondary N) is 1. The summed E-state index contributed by atoms with van der Waals surface area (Å²) in [6.45, 7) is 1.87. The Morgan fingerprint density at radius 1 is 1.23 bits per heavy atom. The number of likely N-dealkylation sites (tertiary alicyclic amines) is 1. The minimum absolute atomic E-state index is 0.0471. The topological polar surface area (TPSA) is 72.0 Å². The van der Waals surface area contributed by atoms with Crippen LogP contribution in [-0.4, -0.2) is 69.1 Å². The summed E-state index contributed by atoms with van der Waals surface area (Å²) in [6.07, 6.45) is 5.54. The summed E-state index contributed by atoms with van der Waals surface area (Å²) in [5.74, 6) is 0.856. The lowest BCUT2D eigenvalue weighted by atomic mass is 9.95. The number of nitrogens with zero attached hydrogens (tertiary/aromatic N) is 6. The molecular weight excluding hydrogens is 385 g/mol. The molecule has 1 N–H and O–H groups in total. The lowest BCUT2D eigenvalue weighted by Gasteiger charge is -2.32. The van der Waals surface area contributed by atoms with Crippen LogP contribution in [0.25, 0.3) is 22.2 Å². The van der Waals surface area contributed by atoms with Gasteiger partial charge in [0.15, 0.2) is 0 Å². The maximum absolute atomic E-state index is 14.3. The molecule has 4 aromatic rings. The van der Waals surface area contributed by atoms with Crippen molar-refractivity contribution in [3.05, 3.63) is 42.9 Å². The zero-order valence-electron chi connectivity index (χ0n) is 17.0. The van der Waals surface area contributed by atoms with E-state index in [1.165, 1.54) is 0 Å². The molecular formula is C21H24FN7O. The second-order valence-electron chi connectivity index (χ2n) is 7.79. The van der Waals surface area contributed by atoms with E-state index >= 15 is 0 Å². The molecule has 156 valence electrons. The summed E-state index contributed by atoms with van der Waals surface area (Å²) in [5, 5.41) is 12.0. The highest BCUT2D eigenvalue weighted by Gasteiger charge is 2.27. The molecule has 5 heterocycles. The number of piperidine rings is 1. The predicted molar refractivity (Wildman–Crippen MR) is 113 cm³/mol. The van der Waals surface area contributed by atoms with Gasteiger partial charge in [-0.3, -0.25) is 0 Å². The summed E-state index contributed by atoms with van der Waals surface area (Å²) in [5.41, 5.74) is 3.79. The number of hydrogen-bond acceptors (Lipinski definition) is 6. The number of fused-ring (bicyclic) bond motifs is 2. The third-order valence-electron chi connectivity index (χ3n) is 5.78. The Kier molecular flexibility index (Phi) is 4.74.